The largest absolute Gasteiger partial charge is 0.467 e. The van der Waals surface area contributed by atoms with Crippen LogP contribution in [0.15, 0.2) is 23.1 Å². The number of ether oxygens (including phenoxy) is 1. The molecule has 2 rings (SSSR count). The molecule has 28 heavy (non-hydrogen) atoms. The molecular weight excluding hydrogens is 386 g/mol. The molecule has 156 valence electrons. The first-order chi connectivity index (χ1) is 13.0. The van der Waals surface area contributed by atoms with E-state index in [4.69, 9.17) is 4.74 Å². The average molecular weight is 413 g/mol. The molecule has 0 aliphatic carbocycles. The maximum atomic E-state index is 12.8. The molecule has 0 saturated carbocycles. The molecule has 1 aliphatic rings. The Labute approximate surface area is 165 Å². The SMILES string of the molecule is COC(=O)C(Nc1ccc(S(=O)(=O)N2CCCCC2)cc1[N+](=O)[O-])C(C)(C)C. The molecule has 1 atom stereocenters. The number of hydrogen-bond donors (Lipinski definition) is 1. The van der Waals surface area contributed by atoms with Crippen LogP contribution in [0.1, 0.15) is 40.0 Å². The van der Waals surface area contributed by atoms with Gasteiger partial charge in [0.05, 0.1) is 16.9 Å². The molecule has 1 heterocycles. The average Bonchev–Trinajstić information content (AvgIpc) is 2.65. The van der Waals surface area contributed by atoms with Crippen molar-refractivity contribution >= 4 is 27.4 Å². The molecule has 0 aromatic heterocycles. The van der Waals surface area contributed by atoms with Gasteiger partial charge in [0.2, 0.25) is 10.0 Å². The van der Waals surface area contributed by atoms with E-state index in [1.165, 1.54) is 23.5 Å². The third-order valence-corrected chi connectivity index (χ3v) is 6.62. The number of nitro benzene ring substituents is 1. The number of carbonyl (C=O) groups excluding carboxylic acids is 1. The Bertz CT molecular complexity index is 841. The fourth-order valence-corrected chi connectivity index (χ4v) is 4.64. The smallest absolute Gasteiger partial charge is 0.328 e. The van der Waals surface area contributed by atoms with E-state index in [9.17, 15) is 23.3 Å². The Hall–Kier alpha value is -2.20. The lowest BCUT2D eigenvalue weighted by Gasteiger charge is -2.30. The first-order valence-electron chi connectivity index (χ1n) is 9.11. The first-order valence-corrected chi connectivity index (χ1v) is 10.6. The van der Waals surface area contributed by atoms with E-state index in [2.05, 4.69) is 5.32 Å². The van der Waals surface area contributed by atoms with E-state index in [0.717, 1.165) is 25.3 Å². The van der Waals surface area contributed by atoms with E-state index >= 15 is 0 Å². The van der Waals surface area contributed by atoms with Gasteiger partial charge in [0.1, 0.15) is 11.7 Å². The monoisotopic (exact) mass is 413 g/mol. The highest BCUT2D eigenvalue weighted by Crippen LogP contribution is 2.33. The molecule has 0 amide bonds. The summed E-state index contributed by atoms with van der Waals surface area (Å²) in [5.74, 6) is -0.563. The number of nitrogens with zero attached hydrogens (tertiary/aromatic N) is 2. The van der Waals surface area contributed by atoms with Gasteiger partial charge in [0, 0.05) is 19.2 Å². The topological polar surface area (TPSA) is 119 Å². The number of benzene rings is 1. The second kappa shape index (κ2) is 8.44. The van der Waals surface area contributed by atoms with E-state index in [1.54, 1.807) is 20.8 Å². The second-order valence-corrected chi connectivity index (χ2v) is 9.81. The maximum absolute atomic E-state index is 12.8. The molecule has 0 spiro atoms. The number of rotatable bonds is 6. The lowest BCUT2D eigenvalue weighted by Crippen LogP contribution is -2.42. The Morgan fingerprint density at radius 1 is 1.25 bits per heavy atom. The Morgan fingerprint density at radius 2 is 1.86 bits per heavy atom. The number of carbonyl (C=O) groups is 1. The van der Waals surface area contributed by atoms with Crippen LogP contribution in [0.5, 0.6) is 0 Å². The summed E-state index contributed by atoms with van der Waals surface area (Å²) in [7, 11) is -2.56. The third-order valence-electron chi connectivity index (χ3n) is 4.72. The van der Waals surface area contributed by atoms with Crippen LogP contribution in [0, 0.1) is 15.5 Å². The van der Waals surface area contributed by atoms with Gasteiger partial charge < -0.3 is 10.1 Å². The number of anilines is 1. The minimum Gasteiger partial charge on any atom is -0.467 e. The van der Waals surface area contributed by atoms with Crippen LogP contribution in [0.3, 0.4) is 0 Å². The van der Waals surface area contributed by atoms with E-state index in [-0.39, 0.29) is 10.6 Å². The predicted molar refractivity (Wildman–Crippen MR) is 105 cm³/mol. The zero-order chi connectivity index (χ0) is 21.1. The number of esters is 1. The van der Waals surface area contributed by atoms with Crippen molar-refractivity contribution in [2.24, 2.45) is 5.41 Å². The minimum absolute atomic E-state index is 0.0629. The third kappa shape index (κ3) is 4.79. The molecule has 1 aliphatic heterocycles. The summed E-state index contributed by atoms with van der Waals surface area (Å²) in [5, 5.41) is 14.4. The van der Waals surface area contributed by atoms with Crippen LogP contribution in [-0.4, -0.2) is 49.9 Å². The van der Waals surface area contributed by atoms with Gasteiger partial charge in [0.15, 0.2) is 0 Å². The van der Waals surface area contributed by atoms with E-state index < -0.39 is 38.1 Å². The van der Waals surface area contributed by atoms with Gasteiger partial charge in [-0.15, -0.1) is 0 Å². The lowest BCUT2D eigenvalue weighted by molar-refractivity contribution is -0.384. The number of methoxy groups -OCH3 is 1. The summed E-state index contributed by atoms with van der Waals surface area (Å²) in [6.07, 6.45) is 2.51. The van der Waals surface area contributed by atoms with Gasteiger partial charge in [0.25, 0.3) is 5.69 Å². The highest BCUT2D eigenvalue weighted by atomic mass is 32.2. The number of sulfonamides is 1. The number of nitro groups is 1. The Morgan fingerprint density at radius 3 is 2.36 bits per heavy atom. The maximum Gasteiger partial charge on any atom is 0.328 e. The number of piperidine rings is 1. The zero-order valence-corrected chi connectivity index (χ0v) is 17.4. The summed E-state index contributed by atoms with van der Waals surface area (Å²) in [6, 6.07) is 2.86. The standard InChI is InChI=1S/C18H27N3O6S/c1-18(2,3)16(17(22)27-4)19-14-9-8-13(12-15(14)21(23)24)28(25,26)20-10-6-5-7-11-20/h8-9,12,16,19H,5-7,10-11H2,1-4H3. The van der Waals surface area contributed by atoms with Crippen LogP contribution < -0.4 is 5.32 Å². The van der Waals surface area contributed by atoms with Gasteiger partial charge in [-0.05, 0) is 30.4 Å². The fraction of sp³-hybridized carbons (Fsp3) is 0.611. The van der Waals surface area contributed by atoms with Crippen molar-refractivity contribution in [2.45, 2.75) is 51.0 Å². The summed E-state index contributed by atoms with van der Waals surface area (Å²) in [4.78, 5) is 22.9. The summed E-state index contributed by atoms with van der Waals surface area (Å²) in [5.41, 5.74) is -0.927. The number of nitrogens with one attached hydrogen (secondary N) is 1. The van der Waals surface area contributed by atoms with Crippen LogP contribution in [0.4, 0.5) is 11.4 Å². The van der Waals surface area contributed by atoms with E-state index in [0.29, 0.717) is 13.1 Å². The zero-order valence-electron chi connectivity index (χ0n) is 16.6. The lowest BCUT2D eigenvalue weighted by atomic mass is 9.86. The van der Waals surface area contributed by atoms with Crippen molar-refractivity contribution in [3.63, 3.8) is 0 Å². The van der Waals surface area contributed by atoms with Gasteiger partial charge in [-0.25, -0.2) is 13.2 Å². The van der Waals surface area contributed by atoms with Crippen molar-refractivity contribution < 1.29 is 22.9 Å². The molecule has 1 unspecified atom stereocenters. The predicted octanol–water partition coefficient (Wildman–Crippen LogP) is 2.77. The quantitative estimate of drug-likeness (QED) is 0.433. The van der Waals surface area contributed by atoms with Crippen LogP contribution in [0.2, 0.25) is 0 Å². The molecule has 0 radical (unpaired) electrons. The molecular formula is C18H27N3O6S. The molecule has 9 nitrogen and oxygen atoms in total. The van der Waals surface area contributed by atoms with Crippen molar-refractivity contribution in [1.29, 1.82) is 0 Å². The van der Waals surface area contributed by atoms with Crippen molar-refractivity contribution in [2.75, 3.05) is 25.5 Å². The Kier molecular flexibility index (Phi) is 6.66. The molecule has 10 heteroatoms. The van der Waals surface area contributed by atoms with Crippen LogP contribution >= 0.6 is 0 Å². The second-order valence-electron chi connectivity index (χ2n) is 7.87. The summed E-state index contributed by atoms with van der Waals surface area (Å²) < 4.78 is 31.8. The first kappa shape index (κ1) is 22.1. The van der Waals surface area contributed by atoms with Crippen LogP contribution in [-0.2, 0) is 19.6 Å². The van der Waals surface area contributed by atoms with E-state index in [1.807, 2.05) is 0 Å². The highest BCUT2D eigenvalue weighted by molar-refractivity contribution is 7.89. The highest BCUT2D eigenvalue weighted by Gasteiger charge is 2.35. The van der Waals surface area contributed by atoms with Crippen molar-refractivity contribution in [1.82, 2.24) is 4.31 Å². The Balaban J connectivity index is 2.42. The summed E-state index contributed by atoms with van der Waals surface area (Å²) >= 11 is 0. The summed E-state index contributed by atoms with van der Waals surface area (Å²) in [6.45, 7) is 6.20. The minimum atomic E-state index is -3.80. The molecule has 1 saturated heterocycles. The molecule has 1 aromatic rings. The van der Waals surface area contributed by atoms with Gasteiger partial charge in [-0.1, -0.05) is 27.2 Å². The molecule has 1 fully saturated rings. The molecule has 1 aromatic carbocycles. The number of hydrogen-bond acceptors (Lipinski definition) is 7. The van der Waals surface area contributed by atoms with Gasteiger partial charge in [-0.3, -0.25) is 10.1 Å². The van der Waals surface area contributed by atoms with Gasteiger partial charge >= 0.3 is 5.97 Å². The normalized spacial score (nSPS) is 17.0. The van der Waals surface area contributed by atoms with Crippen molar-refractivity contribution in [3.05, 3.63) is 28.3 Å². The molecule has 0 bridgehead atoms. The molecule has 1 N–H and O–H groups in total. The van der Waals surface area contributed by atoms with Crippen LogP contribution in [0.25, 0.3) is 0 Å². The van der Waals surface area contributed by atoms with Gasteiger partial charge in [-0.2, -0.15) is 4.31 Å². The van der Waals surface area contributed by atoms with Crippen molar-refractivity contribution in [3.8, 4) is 0 Å². The fourth-order valence-electron chi connectivity index (χ4n) is 3.10.